The van der Waals surface area contributed by atoms with Crippen LogP contribution in [0.2, 0.25) is 0 Å². The molecule has 1 aliphatic rings. The van der Waals surface area contributed by atoms with Gasteiger partial charge in [-0.1, -0.05) is 0 Å². The molecule has 0 radical (unpaired) electrons. The molecule has 0 fully saturated rings. The Bertz CT molecular complexity index is 957. The molecular formula is C16H21N5O5. The standard InChI is InChI=1S/C16H21N5O5/c1-18-12(7-14(24)19(2)16(18)26)15(25)20-4-3-5-21-10(8-20)6-11(17-21)13(23)9-22/h6-7,13,22-23H,3-5,8-9H2,1-2H3/t13-/m1/s1. The predicted molar refractivity (Wildman–Crippen MR) is 90.6 cm³/mol. The van der Waals surface area contributed by atoms with E-state index in [4.69, 9.17) is 5.11 Å². The number of hydrogen-bond acceptors (Lipinski definition) is 6. The molecule has 0 aromatic carbocycles. The van der Waals surface area contributed by atoms with Gasteiger partial charge in [-0.25, -0.2) is 4.79 Å². The second kappa shape index (κ2) is 6.89. The van der Waals surface area contributed by atoms with Crippen molar-refractivity contribution in [1.29, 1.82) is 0 Å². The van der Waals surface area contributed by atoms with E-state index in [0.717, 1.165) is 15.2 Å². The summed E-state index contributed by atoms with van der Waals surface area (Å²) in [4.78, 5) is 38.4. The maximum absolute atomic E-state index is 12.9. The van der Waals surface area contributed by atoms with Crippen LogP contribution in [0.1, 0.15) is 34.4 Å². The predicted octanol–water partition coefficient (Wildman–Crippen LogP) is -1.65. The van der Waals surface area contributed by atoms with Crippen LogP contribution >= 0.6 is 0 Å². The zero-order valence-electron chi connectivity index (χ0n) is 14.6. The molecule has 3 rings (SSSR count). The Morgan fingerprint density at radius 1 is 1.23 bits per heavy atom. The van der Waals surface area contributed by atoms with E-state index in [1.807, 2.05) is 0 Å². The Morgan fingerprint density at radius 2 is 1.96 bits per heavy atom. The molecule has 140 valence electrons. The number of aliphatic hydroxyl groups excluding tert-OH is 2. The van der Waals surface area contributed by atoms with Crippen LogP contribution in [0.4, 0.5) is 0 Å². The molecule has 2 aromatic rings. The van der Waals surface area contributed by atoms with Gasteiger partial charge in [-0.15, -0.1) is 0 Å². The van der Waals surface area contributed by atoms with Gasteiger partial charge in [0.25, 0.3) is 11.5 Å². The lowest BCUT2D eigenvalue weighted by molar-refractivity contribution is 0.0733. The number of carbonyl (C=O) groups is 1. The number of amides is 1. The fourth-order valence-electron chi connectivity index (χ4n) is 3.01. The minimum Gasteiger partial charge on any atom is -0.393 e. The smallest absolute Gasteiger partial charge is 0.331 e. The van der Waals surface area contributed by atoms with Gasteiger partial charge in [-0.3, -0.25) is 23.4 Å². The Kier molecular flexibility index (Phi) is 4.79. The van der Waals surface area contributed by atoms with Gasteiger partial charge in [0.15, 0.2) is 0 Å². The van der Waals surface area contributed by atoms with Crippen LogP contribution in [0, 0.1) is 0 Å². The van der Waals surface area contributed by atoms with E-state index >= 15 is 0 Å². The van der Waals surface area contributed by atoms with Crippen molar-refractivity contribution in [1.82, 2.24) is 23.8 Å². The summed E-state index contributed by atoms with van der Waals surface area (Å²) in [6, 6.07) is 2.81. The molecule has 0 aliphatic carbocycles. The average molecular weight is 363 g/mol. The Morgan fingerprint density at radius 3 is 2.65 bits per heavy atom. The molecule has 0 saturated heterocycles. The van der Waals surface area contributed by atoms with Crippen molar-refractivity contribution in [3.05, 3.63) is 50.1 Å². The highest BCUT2D eigenvalue weighted by atomic mass is 16.3. The SMILES string of the molecule is Cn1c(C(=O)N2CCCn3nc([C@H](O)CO)cc3C2)cc(=O)n(C)c1=O. The molecule has 10 nitrogen and oxygen atoms in total. The number of fused-ring (bicyclic) bond motifs is 1. The molecule has 10 heteroatoms. The lowest BCUT2D eigenvalue weighted by Crippen LogP contribution is -2.42. The minimum absolute atomic E-state index is 0.0293. The van der Waals surface area contributed by atoms with Crippen molar-refractivity contribution < 1.29 is 15.0 Å². The molecule has 2 N–H and O–H groups in total. The molecule has 3 heterocycles. The van der Waals surface area contributed by atoms with Crippen molar-refractivity contribution in [2.45, 2.75) is 25.6 Å². The third-order valence-corrected chi connectivity index (χ3v) is 4.58. The molecule has 0 spiro atoms. The topological polar surface area (TPSA) is 123 Å². The van der Waals surface area contributed by atoms with Crippen molar-refractivity contribution in [2.75, 3.05) is 13.2 Å². The second-order valence-electron chi connectivity index (χ2n) is 6.33. The first kappa shape index (κ1) is 18.1. The summed E-state index contributed by atoms with van der Waals surface area (Å²) in [5.74, 6) is -0.416. The van der Waals surface area contributed by atoms with Crippen LogP contribution < -0.4 is 11.2 Å². The number of aromatic nitrogens is 4. The maximum atomic E-state index is 12.9. The van der Waals surface area contributed by atoms with Crippen LogP contribution in [0.25, 0.3) is 0 Å². The molecule has 0 unspecified atom stereocenters. The van der Waals surface area contributed by atoms with E-state index in [2.05, 4.69) is 5.10 Å². The third-order valence-electron chi connectivity index (χ3n) is 4.58. The van der Waals surface area contributed by atoms with Gasteiger partial charge in [0.05, 0.1) is 24.5 Å². The zero-order chi connectivity index (χ0) is 19.0. The number of aryl methyl sites for hydroxylation is 1. The van der Waals surface area contributed by atoms with Crippen LogP contribution in [0.15, 0.2) is 21.7 Å². The fourth-order valence-corrected chi connectivity index (χ4v) is 3.01. The second-order valence-corrected chi connectivity index (χ2v) is 6.33. The van der Waals surface area contributed by atoms with Crippen molar-refractivity contribution in [3.8, 4) is 0 Å². The summed E-state index contributed by atoms with van der Waals surface area (Å²) < 4.78 is 3.80. The van der Waals surface area contributed by atoms with Crippen LogP contribution in [-0.2, 0) is 27.2 Å². The number of rotatable bonds is 3. The monoisotopic (exact) mass is 363 g/mol. The molecule has 26 heavy (non-hydrogen) atoms. The van der Waals surface area contributed by atoms with E-state index in [1.54, 1.807) is 15.6 Å². The van der Waals surface area contributed by atoms with Gasteiger partial charge in [-0.05, 0) is 12.5 Å². The molecule has 2 aromatic heterocycles. The molecule has 0 bridgehead atoms. The first-order chi connectivity index (χ1) is 12.3. The van der Waals surface area contributed by atoms with Crippen molar-refractivity contribution in [3.63, 3.8) is 0 Å². The largest absolute Gasteiger partial charge is 0.393 e. The first-order valence-electron chi connectivity index (χ1n) is 8.25. The molecule has 0 saturated carbocycles. The van der Waals surface area contributed by atoms with Crippen LogP contribution in [0.3, 0.4) is 0 Å². The Labute approximate surface area is 148 Å². The van der Waals surface area contributed by atoms with Gasteiger partial charge in [0, 0.05) is 33.3 Å². The normalized spacial score (nSPS) is 15.5. The number of nitrogens with zero attached hydrogens (tertiary/aromatic N) is 5. The highest BCUT2D eigenvalue weighted by Crippen LogP contribution is 2.19. The van der Waals surface area contributed by atoms with E-state index in [-0.39, 0.29) is 12.2 Å². The minimum atomic E-state index is -1.07. The van der Waals surface area contributed by atoms with Gasteiger partial charge in [-0.2, -0.15) is 5.10 Å². The maximum Gasteiger partial charge on any atom is 0.331 e. The summed E-state index contributed by atoms with van der Waals surface area (Å²) in [7, 11) is 2.81. The molecule has 1 amide bonds. The lowest BCUT2D eigenvalue weighted by atomic mass is 10.2. The first-order valence-corrected chi connectivity index (χ1v) is 8.25. The van der Waals surface area contributed by atoms with E-state index < -0.39 is 29.9 Å². The van der Waals surface area contributed by atoms with E-state index in [0.29, 0.717) is 30.9 Å². The average Bonchev–Trinajstić information content (AvgIpc) is 2.93. The van der Waals surface area contributed by atoms with Gasteiger partial charge in [0.2, 0.25) is 0 Å². The highest BCUT2D eigenvalue weighted by Gasteiger charge is 2.25. The summed E-state index contributed by atoms with van der Waals surface area (Å²) in [6.45, 7) is 0.804. The summed E-state index contributed by atoms with van der Waals surface area (Å²) in [5, 5.41) is 23.1. The molecule has 1 atom stereocenters. The number of aliphatic hydroxyl groups is 2. The van der Waals surface area contributed by atoms with Crippen molar-refractivity contribution in [2.24, 2.45) is 14.1 Å². The zero-order valence-corrected chi connectivity index (χ0v) is 14.6. The molecule has 1 aliphatic heterocycles. The molecular weight excluding hydrogens is 342 g/mol. The number of carbonyl (C=O) groups excluding carboxylic acids is 1. The summed E-state index contributed by atoms with van der Waals surface area (Å²) in [6.07, 6.45) is -0.440. The van der Waals surface area contributed by atoms with E-state index in [1.165, 1.54) is 14.1 Å². The van der Waals surface area contributed by atoms with E-state index in [9.17, 15) is 19.5 Å². The van der Waals surface area contributed by atoms with Crippen LogP contribution in [-0.4, -0.2) is 53.1 Å². The Balaban J connectivity index is 1.93. The number of hydrogen-bond donors (Lipinski definition) is 2. The lowest BCUT2D eigenvalue weighted by Gasteiger charge is -2.21. The van der Waals surface area contributed by atoms with Gasteiger partial charge >= 0.3 is 5.69 Å². The Hall–Kier alpha value is -2.72. The third kappa shape index (κ3) is 3.08. The van der Waals surface area contributed by atoms with Gasteiger partial charge in [0.1, 0.15) is 11.8 Å². The quantitative estimate of drug-likeness (QED) is 0.674. The summed E-state index contributed by atoms with van der Waals surface area (Å²) in [5.41, 5.74) is -0.00891. The van der Waals surface area contributed by atoms with Crippen LogP contribution in [0.5, 0.6) is 0 Å². The summed E-state index contributed by atoms with van der Waals surface area (Å²) >= 11 is 0. The fraction of sp³-hybridized carbons (Fsp3) is 0.500. The van der Waals surface area contributed by atoms with Crippen molar-refractivity contribution >= 4 is 5.91 Å². The highest BCUT2D eigenvalue weighted by molar-refractivity contribution is 5.92. The van der Waals surface area contributed by atoms with Gasteiger partial charge < -0.3 is 15.1 Å².